The van der Waals surface area contributed by atoms with Gasteiger partial charge in [0.25, 0.3) is 5.91 Å². The quantitative estimate of drug-likeness (QED) is 0.263. The molecule has 190 valence electrons. The van der Waals surface area contributed by atoms with Crippen LogP contribution in [0, 0.1) is 13.8 Å². The fraction of sp³-hybridized carbons (Fsp3) is 0.233. The molecule has 0 fully saturated rings. The third-order valence-electron chi connectivity index (χ3n) is 6.01. The summed E-state index contributed by atoms with van der Waals surface area (Å²) in [5.74, 6) is 0.328. The number of hydrogen-bond donors (Lipinski definition) is 0. The van der Waals surface area contributed by atoms with Crippen molar-refractivity contribution in [1.29, 1.82) is 0 Å². The smallest absolute Gasteiger partial charge is 0.339 e. The van der Waals surface area contributed by atoms with Crippen molar-refractivity contribution >= 4 is 11.9 Å². The number of aromatic nitrogens is 1. The van der Waals surface area contributed by atoms with Crippen LogP contribution in [0.4, 0.5) is 0 Å². The lowest BCUT2D eigenvalue weighted by Gasteiger charge is -2.26. The zero-order chi connectivity index (χ0) is 26.2. The fourth-order valence-electron chi connectivity index (χ4n) is 3.93. The highest BCUT2D eigenvalue weighted by atomic mass is 16.5. The van der Waals surface area contributed by atoms with Gasteiger partial charge in [-0.15, -0.1) is 0 Å². The Morgan fingerprint density at radius 3 is 2.08 bits per heavy atom. The summed E-state index contributed by atoms with van der Waals surface area (Å²) in [5.41, 5.74) is 3.91. The molecule has 1 heterocycles. The summed E-state index contributed by atoms with van der Waals surface area (Å²) in [5, 5.41) is 3.93. The molecule has 0 radical (unpaired) electrons. The van der Waals surface area contributed by atoms with Gasteiger partial charge in [-0.1, -0.05) is 71.9 Å². The van der Waals surface area contributed by atoms with Crippen LogP contribution in [0.15, 0.2) is 89.5 Å². The summed E-state index contributed by atoms with van der Waals surface area (Å²) in [6, 6.07) is 26.2. The average Bonchev–Trinajstić information content (AvgIpc) is 3.24. The second kappa shape index (κ2) is 12.0. The molecule has 0 aliphatic carbocycles. The Kier molecular flexibility index (Phi) is 8.36. The number of amides is 1. The monoisotopic (exact) mass is 498 g/mol. The lowest BCUT2D eigenvalue weighted by molar-refractivity contribution is -0.141. The van der Waals surface area contributed by atoms with Gasteiger partial charge in [-0.3, -0.25) is 4.79 Å². The Morgan fingerprint density at radius 2 is 1.51 bits per heavy atom. The minimum atomic E-state index is -0.966. The number of ether oxygens (including phenoxy) is 2. The molecule has 4 rings (SSSR count). The second-order valence-electron chi connectivity index (χ2n) is 8.83. The third kappa shape index (κ3) is 6.85. The number of carbonyl (C=O) groups excluding carboxylic acids is 2. The van der Waals surface area contributed by atoms with Crippen LogP contribution in [0.1, 0.15) is 45.4 Å². The van der Waals surface area contributed by atoms with Crippen LogP contribution in [0.5, 0.6) is 5.75 Å². The van der Waals surface area contributed by atoms with E-state index < -0.39 is 12.1 Å². The van der Waals surface area contributed by atoms with Crippen molar-refractivity contribution in [3.63, 3.8) is 0 Å². The molecular formula is C30H30N2O5. The number of esters is 1. The number of hydrogen-bond acceptors (Lipinski definition) is 6. The normalized spacial score (nSPS) is 11.5. The summed E-state index contributed by atoms with van der Waals surface area (Å²) in [6.45, 7) is 6.34. The number of carbonyl (C=O) groups is 2. The molecule has 0 spiro atoms. The van der Waals surface area contributed by atoms with Crippen LogP contribution in [-0.4, -0.2) is 28.0 Å². The Morgan fingerprint density at radius 1 is 0.892 bits per heavy atom. The van der Waals surface area contributed by atoms with Crippen molar-refractivity contribution in [3.8, 4) is 5.75 Å². The molecule has 0 aliphatic rings. The van der Waals surface area contributed by atoms with Crippen molar-refractivity contribution in [2.24, 2.45) is 0 Å². The van der Waals surface area contributed by atoms with Gasteiger partial charge < -0.3 is 18.9 Å². The summed E-state index contributed by atoms with van der Waals surface area (Å²) >= 11 is 0. The molecule has 1 atom stereocenters. The standard InChI is InChI=1S/C30H30N2O5/c1-21-28(22(2)37-31-21)20-35-27-16-10-15-26(17-27)30(34)36-23(3)29(33)32(18-24-11-6-4-7-12-24)19-25-13-8-5-9-14-25/h4-17,23H,18-20H2,1-3H3. The summed E-state index contributed by atoms with van der Waals surface area (Å²) in [4.78, 5) is 28.0. The van der Waals surface area contributed by atoms with E-state index in [1.807, 2.05) is 74.5 Å². The van der Waals surface area contributed by atoms with Crippen LogP contribution >= 0.6 is 0 Å². The van der Waals surface area contributed by atoms with Gasteiger partial charge in [0, 0.05) is 13.1 Å². The maximum Gasteiger partial charge on any atom is 0.339 e. The first kappa shape index (κ1) is 25.7. The van der Waals surface area contributed by atoms with Gasteiger partial charge in [-0.25, -0.2) is 4.79 Å². The van der Waals surface area contributed by atoms with E-state index in [2.05, 4.69) is 5.16 Å². The van der Waals surface area contributed by atoms with E-state index in [1.54, 1.807) is 36.1 Å². The molecule has 7 heteroatoms. The van der Waals surface area contributed by atoms with Crippen molar-refractivity contribution in [2.45, 2.75) is 46.6 Å². The van der Waals surface area contributed by atoms with Gasteiger partial charge in [0.2, 0.25) is 0 Å². The molecule has 1 aromatic heterocycles. The van der Waals surface area contributed by atoms with Crippen LogP contribution in [0.2, 0.25) is 0 Å². The van der Waals surface area contributed by atoms with Crippen molar-refractivity contribution < 1.29 is 23.6 Å². The molecule has 0 N–H and O–H groups in total. The van der Waals surface area contributed by atoms with E-state index in [-0.39, 0.29) is 12.5 Å². The lowest BCUT2D eigenvalue weighted by atomic mass is 10.1. The predicted octanol–water partition coefficient (Wildman–Crippen LogP) is 5.64. The van der Waals surface area contributed by atoms with E-state index in [4.69, 9.17) is 14.0 Å². The van der Waals surface area contributed by atoms with Gasteiger partial charge in [0.15, 0.2) is 6.10 Å². The molecule has 1 unspecified atom stereocenters. The highest BCUT2D eigenvalue weighted by Crippen LogP contribution is 2.20. The summed E-state index contributed by atoms with van der Waals surface area (Å²) in [7, 11) is 0. The molecule has 1 amide bonds. The highest BCUT2D eigenvalue weighted by molar-refractivity contribution is 5.92. The van der Waals surface area contributed by atoms with E-state index in [1.165, 1.54) is 0 Å². The van der Waals surface area contributed by atoms with E-state index in [0.717, 1.165) is 22.4 Å². The maximum absolute atomic E-state index is 13.4. The fourth-order valence-corrected chi connectivity index (χ4v) is 3.93. The highest BCUT2D eigenvalue weighted by Gasteiger charge is 2.25. The number of benzene rings is 3. The minimum Gasteiger partial charge on any atom is -0.489 e. The third-order valence-corrected chi connectivity index (χ3v) is 6.01. The topological polar surface area (TPSA) is 81.9 Å². The van der Waals surface area contributed by atoms with Crippen LogP contribution in [0.25, 0.3) is 0 Å². The lowest BCUT2D eigenvalue weighted by Crippen LogP contribution is -2.39. The largest absolute Gasteiger partial charge is 0.489 e. The zero-order valence-electron chi connectivity index (χ0n) is 21.2. The van der Waals surface area contributed by atoms with Crippen molar-refractivity contribution in [2.75, 3.05) is 0 Å². The van der Waals surface area contributed by atoms with Gasteiger partial charge in [-0.05, 0) is 50.1 Å². The Hall–Kier alpha value is -4.39. The van der Waals surface area contributed by atoms with E-state index >= 15 is 0 Å². The zero-order valence-corrected chi connectivity index (χ0v) is 21.2. The van der Waals surface area contributed by atoms with Crippen LogP contribution < -0.4 is 4.74 Å². The van der Waals surface area contributed by atoms with Gasteiger partial charge >= 0.3 is 5.97 Å². The van der Waals surface area contributed by atoms with Crippen molar-refractivity contribution in [3.05, 3.63) is 119 Å². The number of nitrogens with zero attached hydrogens (tertiary/aromatic N) is 2. The van der Waals surface area contributed by atoms with Crippen LogP contribution in [0.3, 0.4) is 0 Å². The van der Waals surface area contributed by atoms with Gasteiger partial charge in [-0.2, -0.15) is 0 Å². The Bertz CT molecular complexity index is 1270. The van der Waals surface area contributed by atoms with E-state index in [0.29, 0.717) is 30.2 Å². The first-order chi connectivity index (χ1) is 17.9. The molecule has 7 nitrogen and oxygen atoms in total. The van der Waals surface area contributed by atoms with Gasteiger partial charge in [0.05, 0.1) is 16.8 Å². The summed E-state index contributed by atoms with van der Waals surface area (Å²) < 4.78 is 16.6. The molecule has 0 bridgehead atoms. The average molecular weight is 499 g/mol. The Balaban J connectivity index is 1.42. The minimum absolute atomic E-state index is 0.266. The maximum atomic E-state index is 13.4. The first-order valence-corrected chi connectivity index (χ1v) is 12.1. The number of rotatable bonds is 10. The molecule has 0 saturated carbocycles. The number of aryl methyl sites for hydroxylation is 2. The molecule has 0 aliphatic heterocycles. The SMILES string of the molecule is Cc1noc(C)c1COc1cccc(C(=O)OC(C)C(=O)N(Cc2ccccc2)Cc2ccccc2)c1. The van der Waals surface area contributed by atoms with E-state index in [9.17, 15) is 9.59 Å². The predicted molar refractivity (Wildman–Crippen MR) is 139 cm³/mol. The Labute approximate surface area is 216 Å². The molecular weight excluding hydrogens is 468 g/mol. The van der Waals surface area contributed by atoms with Crippen molar-refractivity contribution in [1.82, 2.24) is 10.1 Å². The molecule has 4 aromatic rings. The summed E-state index contributed by atoms with van der Waals surface area (Å²) in [6.07, 6.45) is -0.966. The molecule has 3 aromatic carbocycles. The second-order valence-corrected chi connectivity index (χ2v) is 8.83. The molecule has 37 heavy (non-hydrogen) atoms. The molecule has 0 saturated heterocycles. The van der Waals surface area contributed by atoms with Gasteiger partial charge in [0.1, 0.15) is 18.1 Å². The first-order valence-electron chi connectivity index (χ1n) is 12.1. The van der Waals surface area contributed by atoms with Crippen LogP contribution in [-0.2, 0) is 29.2 Å².